The summed E-state index contributed by atoms with van der Waals surface area (Å²) < 4.78 is 0. The van der Waals surface area contributed by atoms with E-state index in [1.807, 2.05) is 4.90 Å². The van der Waals surface area contributed by atoms with Crippen molar-refractivity contribution in [3.63, 3.8) is 0 Å². The average Bonchev–Trinajstić information content (AvgIpc) is 2.18. The molecule has 1 fully saturated rings. The average molecular weight is 186 g/mol. The van der Waals surface area contributed by atoms with Crippen LogP contribution in [0.15, 0.2) is 0 Å². The summed E-state index contributed by atoms with van der Waals surface area (Å²) in [6.45, 7) is 1.87. The lowest BCUT2D eigenvalue weighted by Crippen LogP contribution is -2.44. The molecule has 1 unspecified atom stereocenters. The van der Waals surface area contributed by atoms with E-state index < -0.39 is 0 Å². The second-order valence-corrected chi connectivity index (χ2v) is 3.52. The minimum Gasteiger partial charge on any atom is -0.396 e. The first-order valence-electron chi connectivity index (χ1n) is 4.85. The third-order valence-electron chi connectivity index (χ3n) is 2.56. The molecule has 0 aliphatic carbocycles. The molecule has 1 aliphatic rings. The van der Waals surface area contributed by atoms with E-state index in [-0.39, 0.29) is 12.6 Å². The largest absolute Gasteiger partial charge is 0.396 e. The minimum absolute atomic E-state index is 0.00244. The molecule has 76 valence electrons. The first-order chi connectivity index (χ1) is 6.27. The Kier molecular flexibility index (Phi) is 4.02. The second-order valence-electron chi connectivity index (χ2n) is 3.52. The van der Waals surface area contributed by atoms with Gasteiger partial charge in [-0.25, -0.2) is 4.79 Å². The van der Waals surface area contributed by atoms with Gasteiger partial charge in [0.15, 0.2) is 0 Å². The molecule has 1 heterocycles. The molecule has 4 nitrogen and oxygen atoms in total. The van der Waals surface area contributed by atoms with Crippen molar-refractivity contribution in [2.24, 2.45) is 5.92 Å². The van der Waals surface area contributed by atoms with Crippen molar-refractivity contribution >= 4 is 6.03 Å². The van der Waals surface area contributed by atoms with Gasteiger partial charge in [-0.15, -0.1) is 0 Å². The van der Waals surface area contributed by atoms with Crippen LogP contribution in [0.3, 0.4) is 0 Å². The number of carbonyl (C=O) groups excluding carboxylic acids is 1. The molecule has 1 rings (SSSR count). The van der Waals surface area contributed by atoms with Crippen LogP contribution in [-0.4, -0.2) is 42.8 Å². The molecular formula is C9H18N2O2. The molecule has 13 heavy (non-hydrogen) atoms. The zero-order valence-corrected chi connectivity index (χ0v) is 8.12. The predicted molar refractivity (Wildman–Crippen MR) is 50.5 cm³/mol. The molecule has 0 aromatic carbocycles. The van der Waals surface area contributed by atoms with Crippen molar-refractivity contribution in [1.82, 2.24) is 10.2 Å². The van der Waals surface area contributed by atoms with Crippen LogP contribution in [-0.2, 0) is 0 Å². The van der Waals surface area contributed by atoms with Crippen LogP contribution in [0.2, 0.25) is 0 Å². The van der Waals surface area contributed by atoms with Crippen LogP contribution < -0.4 is 5.32 Å². The highest BCUT2D eigenvalue weighted by Crippen LogP contribution is 2.18. The van der Waals surface area contributed by atoms with Crippen LogP contribution in [0, 0.1) is 5.92 Å². The van der Waals surface area contributed by atoms with Crippen molar-refractivity contribution < 1.29 is 9.90 Å². The number of carbonyl (C=O) groups is 1. The maximum Gasteiger partial charge on any atom is 0.317 e. The fourth-order valence-electron chi connectivity index (χ4n) is 1.83. The van der Waals surface area contributed by atoms with E-state index in [4.69, 9.17) is 5.11 Å². The van der Waals surface area contributed by atoms with Gasteiger partial charge in [0, 0.05) is 26.7 Å². The number of likely N-dealkylation sites (tertiary alicyclic amines) is 1. The number of hydrogen-bond donors (Lipinski definition) is 2. The van der Waals surface area contributed by atoms with Gasteiger partial charge >= 0.3 is 6.03 Å². The summed E-state index contributed by atoms with van der Waals surface area (Å²) in [6.07, 6.45) is 3.00. The quantitative estimate of drug-likeness (QED) is 0.656. The van der Waals surface area contributed by atoms with Crippen molar-refractivity contribution in [1.29, 1.82) is 0 Å². The van der Waals surface area contributed by atoms with Gasteiger partial charge in [-0.05, 0) is 25.2 Å². The summed E-state index contributed by atoms with van der Waals surface area (Å²) in [5.41, 5.74) is 0. The smallest absolute Gasteiger partial charge is 0.317 e. The first-order valence-corrected chi connectivity index (χ1v) is 4.85. The Morgan fingerprint density at radius 1 is 1.69 bits per heavy atom. The maximum absolute atomic E-state index is 11.3. The lowest BCUT2D eigenvalue weighted by Gasteiger charge is -2.32. The normalized spacial score (nSPS) is 22.9. The van der Waals surface area contributed by atoms with Gasteiger partial charge in [-0.3, -0.25) is 0 Å². The summed E-state index contributed by atoms with van der Waals surface area (Å²) in [7, 11) is 1.65. The highest BCUT2D eigenvalue weighted by Gasteiger charge is 2.22. The van der Waals surface area contributed by atoms with Gasteiger partial charge in [0.2, 0.25) is 0 Å². The Labute approximate surface area is 78.9 Å². The summed E-state index contributed by atoms with van der Waals surface area (Å²) >= 11 is 0. The number of hydrogen-bond acceptors (Lipinski definition) is 2. The van der Waals surface area contributed by atoms with Crippen LogP contribution in [0.5, 0.6) is 0 Å². The number of aliphatic hydroxyl groups is 1. The van der Waals surface area contributed by atoms with Crippen LogP contribution >= 0.6 is 0 Å². The van der Waals surface area contributed by atoms with Gasteiger partial charge in [0.1, 0.15) is 0 Å². The topological polar surface area (TPSA) is 52.6 Å². The number of nitrogens with one attached hydrogen (secondary N) is 1. The Morgan fingerprint density at radius 2 is 2.46 bits per heavy atom. The Bertz CT molecular complexity index is 171. The van der Waals surface area contributed by atoms with E-state index in [1.165, 1.54) is 0 Å². The van der Waals surface area contributed by atoms with Gasteiger partial charge in [-0.1, -0.05) is 0 Å². The maximum atomic E-state index is 11.3. The first kappa shape index (κ1) is 10.3. The summed E-state index contributed by atoms with van der Waals surface area (Å²) in [4.78, 5) is 13.1. The fourth-order valence-corrected chi connectivity index (χ4v) is 1.83. The highest BCUT2D eigenvalue weighted by molar-refractivity contribution is 5.73. The summed E-state index contributed by atoms with van der Waals surface area (Å²) in [5.74, 6) is 0.482. The third-order valence-corrected chi connectivity index (χ3v) is 2.56. The van der Waals surface area contributed by atoms with Gasteiger partial charge in [0.05, 0.1) is 0 Å². The molecule has 2 N–H and O–H groups in total. The number of rotatable bonds is 2. The van der Waals surface area contributed by atoms with Crippen molar-refractivity contribution in [2.45, 2.75) is 19.3 Å². The van der Waals surface area contributed by atoms with Crippen LogP contribution in [0.1, 0.15) is 19.3 Å². The van der Waals surface area contributed by atoms with Crippen molar-refractivity contribution in [3.05, 3.63) is 0 Å². The fraction of sp³-hybridized carbons (Fsp3) is 0.889. The number of nitrogens with zero attached hydrogens (tertiary/aromatic N) is 1. The summed E-state index contributed by atoms with van der Waals surface area (Å²) in [5, 5.41) is 11.4. The minimum atomic E-state index is 0.00244. The SMILES string of the molecule is CNC(=O)N1CCCC(CCO)C1. The Balaban J connectivity index is 2.37. The summed E-state index contributed by atoms with van der Waals surface area (Å²) in [6, 6.07) is 0.00244. The standard InChI is InChI=1S/C9H18N2O2/c1-10-9(13)11-5-2-3-8(7-11)4-6-12/h8,12H,2-7H2,1H3,(H,10,13). The lowest BCUT2D eigenvalue weighted by atomic mass is 9.95. The van der Waals surface area contributed by atoms with E-state index in [1.54, 1.807) is 7.05 Å². The molecule has 0 spiro atoms. The van der Waals surface area contributed by atoms with Gasteiger partial charge in [0.25, 0.3) is 0 Å². The Morgan fingerprint density at radius 3 is 3.08 bits per heavy atom. The predicted octanol–water partition coefficient (Wildman–Crippen LogP) is 0.420. The molecule has 4 heteroatoms. The van der Waals surface area contributed by atoms with Gasteiger partial charge < -0.3 is 15.3 Å². The molecule has 1 saturated heterocycles. The molecule has 2 amide bonds. The molecule has 0 saturated carbocycles. The van der Waals surface area contributed by atoms with Crippen molar-refractivity contribution in [2.75, 3.05) is 26.7 Å². The number of urea groups is 1. The number of aliphatic hydroxyl groups excluding tert-OH is 1. The highest BCUT2D eigenvalue weighted by atomic mass is 16.3. The molecule has 1 aliphatic heterocycles. The van der Waals surface area contributed by atoms with E-state index in [9.17, 15) is 4.79 Å². The lowest BCUT2D eigenvalue weighted by molar-refractivity contribution is 0.151. The molecule has 1 atom stereocenters. The third kappa shape index (κ3) is 2.88. The number of piperidine rings is 1. The monoisotopic (exact) mass is 186 g/mol. The van der Waals surface area contributed by atoms with E-state index in [2.05, 4.69) is 5.32 Å². The van der Waals surface area contributed by atoms with E-state index >= 15 is 0 Å². The molecule has 0 aromatic heterocycles. The molecule has 0 radical (unpaired) electrons. The molecule has 0 aromatic rings. The number of amides is 2. The van der Waals surface area contributed by atoms with Gasteiger partial charge in [-0.2, -0.15) is 0 Å². The zero-order chi connectivity index (χ0) is 9.68. The van der Waals surface area contributed by atoms with Crippen molar-refractivity contribution in [3.8, 4) is 0 Å². The Hall–Kier alpha value is -0.770. The molecular weight excluding hydrogens is 168 g/mol. The van der Waals surface area contributed by atoms with E-state index in [0.717, 1.165) is 32.4 Å². The van der Waals surface area contributed by atoms with Crippen LogP contribution in [0.4, 0.5) is 4.79 Å². The van der Waals surface area contributed by atoms with Crippen LogP contribution in [0.25, 0.3) is 0 Å². The second kappa shape index (κ2) is 5.07. The zero-order valence-electron chi connectivity index (χ0n) is 8.12. The van der Waals surface area contributed by atoms with E-state index in [0.29, 0.717) is 5.92 Å². The molecule has 0 bridgehead atoms.